The lowest BCUT2D eigenvalue weighted by Gasteiger charge is -2.42. The maximum atomic E-state index is 12.5. The van der Waals surface area contributed by atoms with Crippen LogP contribution < -0.4 is 10.6 Å². The summed E-state index contributed by atoms with van der Waals surface area (Å²) in [4.78, 5) is 32.0. The zero-order chi connectivity index (χ0) is 19.5. The lowest BCUT2D eigenvalue weighted by atomic mass is 9.84. The molecule has 2 aliphatic rings. The van der Waals surface area contributed by atoms with Crippen LogP contribution in [0, 0.1) is 6.92 Å². The summed E-state index contributed by atoms with van der Waals surface area (Å²) in [5.41, 5.74) is 1.46. The average molecular weight is 399 g/mol. The number of thiophene rings is 1. The first-order chi connectivity index (χ1) is 13.6. The van der Waals surface area contributed by atoms with E-state index in [1.807, 2.05) is 23.3 Å². The number of hydrogen-bond acceptors (Lipinski definition) is 5. The second-order valence-electron chi connectivity index (χ2n) is 7.68. The topological polar surface area (TPSA) is 74.3 Å². The molecule has 7 heteroatoms. The Kier molecular flexibility index (Phi) is 5.73. The molecule has 2 amide bonds. The molecule has 2 atom stereocenters. The summed E-state index contributed by atoms with van der Waals surface area (Å²) in [7, 11) is 0. The molecule has 6 nitrogen and oxygen atoms in total. The number of nitrogens with one attached hydrogen (secondary N) is 2. The van der Waals surface area contributed by atoms with Crippen LogP contribution in [0.15, 0.2) is 36.0 Å². The van der Waals surface area contributed by atoms with Crippen LogP contribution in [-0.4, -0.2) is 52.9 Å². The minimum atomic E-state index is 0.0265. The zero-order valence-corrected chi connectivity index (χ0v) is 16.9. The molecule has 0 unspecified atom stereocenters. The normalized spacial score (nSPS) is 22.5. The second kappa shape index (κ2) is 8.41. The lowest BCUT2D eigenvalue weighted by Crippen LogP contribution is -2.60. The van der Waals surface area contributed by atoms with Crippen molar-refractivity contribution < 1.29 is 9.59 Å². The molecule has 0 radical (unpaired) electrons. The molecule has 4 rings (SSSR count). The van der Waals surface area contributed by atoms with E-state index in [1.54, 1.807) is 35.9 Å². The van der Waals surface area contributed by atoms with E-state index in [9.17, 15) is 9.59 Å². The lowest BCUT2D eigenvalue weighted by molar-refractivity contribution is 0.0685. The van der Waals surface area contributed by atoms with E-state index >= 15 is 0 Å². The predicted molar refractivity (Wildman–Crippen MR) is 110 cm³/mol. The van der Waals surface area contributed by atoms with Gasteiger partial charge in [0.05, 0.1) is 5.56 Å². The molecule has 0 aromatic carbocycles. The predicted octanol–water partition coefficient (Wildman–Crippen LogP) is 2.61. The number of nitrogens with zero attached hydrogens (tertiary/aromatic N) is 2. The highest BCUT2D eigenvalue weighted by molar-refractivity contribution is 7.10. The number of piperidine rings is 1. The van der Waals surface area contributed by atoms with Crippen molar-refractivity contribution in [1.82, 2.24) is 20.5 Å². The number of carbonyl (C=O) groups excluding carboxylic acids is 2. The van der Waals surface area contributed by atoms with E-state index in [1.165, 1.54) is 0 Å². The molecule has 1 saturated heterocycles. The Balaban J connectivity index is 1.24. The molecule has 2 aromatic rings. The number of carbonyl (C=O) groups is 2. The van der Waals surface area contributed by atoms with Gasteiger partial charge in [-0.2, -0.15) is 0 Å². The summed E-state index contributed by atoms with van der Waals surface area (Å²) in [6.07, 6.45) is 7.30. The molecular formula is C21H26N4O2S. The molecule has 3 heterocycles. The molecule has 0 spiro atoms. The van der Waals surface area contributed by atoms with Gasteiger partial charge < -0.3 is 15.5 Å². The standard InChI is InChI=1S/C21H26N4O2S/c1-14-12-16(13-28-14)20(26)24-19-3-2-18(19)23-17-6-10-25(11-7-17)21(27)15-4-8-22-9-5-15/h4-5,8-9,12-13,17-19,23H,2-3,6-7,10-11H2,1H3,(H,24,26)/t18-,19+/m0/s1. The molecule has 0 bridgehead atoms. The number of aromatic nitrogens is 1. The van der Waals surface area contributed by atoms with E-state index in [0.29, 0.717) is 17.6 Å². The second-order valence-corrected chi connectivity index (χ2v) is 8.79. The quantitative estimate of drug-likeness (QED) is 0.812. The third-order valence-corrected chi connectivity index (χ3v) is 6.60. The number of rotatable bonds is 5. The fraction of sp³-hybridized carbons (Fsp3) is 0.476. The van der Waals surface area contributed by atoms with Gasteiger partial charge in [-0.1, -0.05) is 0 Å². The summed E-state index contributed by atoms with van der Waals surface area (Å²) in [5, 5.41) is 8.79. The summed E-state index contributed by atoms with van der Waals surface area (Å²) >= 11 is 1.60. The van der Waals surface area contributed by atoms with Crippen molar-refractivity contribution >= 4 is 23.2 Å². The van der Waals surface area contributed by atoms with Crippen LogP contribution in [0.3, 0.4) is 0 Å². The van der Waals surface area contributed by atoms with Gasteiger partial charge in [0, 0.05) is 59.4 Å². The van der Waals surface area contributed by atoms with Crippen LogP contribution in [0.25, 0.3) is 0 Å². The van der Waals surface area contributed by atoms with Crippen molar-refractivity contribution in [3.63, 3.8) is 0 Å². The van der Waals surface area contributed by atoms with Gasteiger partial charge in [0.1, 0.15) is 0 Å². The van der Waals surface area contributed by atoms with Crippen molar-refractivity contribution in [2.45, 2.75) is 50.7 Å². The van der Waals surface area contributed by atoms with E-state index < -0.39 is 0 Å². The van der Waals surface area contributed by atoms with Gasteiger partial charge in [-0.3, -0.25) is 14.6 Å². The maximum Gasteiger partial charge on any atom is 0.253 e. The molecule has 1 aliphatic carbocycles. The Morgan fingerprint density at radius 3 is 2.39 bits per heavy atom. The summed E-state index contributed by atoms with van der Waals surface area (Å²) in [6.45, 7) is 3.54. The Bertz CT molecular complexity index is 830. The van der Waals surface area contributed by atoms with Crippen molar-refractivity contribution in [3.05, 3.63) is 52.0 Å². The van der Waals surface area contributed by atoms with Crippen LogP contribution in [0.2, 0.25) is 0 Å². The van der Waals surface area contributed by atoms with Gasteiger partial charge in [0.25, 0.3) is 11.8 Å². The van der Waals surface area contributed by atoms with E-state index in [2.05, 4.69) is 15.6 Å². The van der Waals surface area contributed by atoms with Gasteiger partial charge in [-0.15, -0.1) is 11.3 Å². The first-order valence-electron chi connectivity index (χ1n) is 9.91. The highest BCUT2D eigenvalue weighted by Crippen LogP contribution is 2.24. The SMILES string of the molecule is Cc1cc(C(=O)N[C@@H]2CC[C@@H]2NC2CCN(C(=O)c3ccncc3)CC2)cs1. The van der Waals surface area contributed by atoms with Gasteiger partial charge in [-0.25, -0.2) is 0 Å². The fourth-order valence-electron chi connectivity index (χ4n) is 3.92. The molecule has 2 N–H and O–H groups in total. The van der Waals surface area contributed by atoms with Gasteiger partial charge in [-0.05, 0) is 50.8 Å². The third kappa shape index (κ3) is 4.25. The van der Waals surface area contributed by atoms with Gasteiger partial charge in [0.2, 0.25) is 0 Å². The highest BCUT2D eigenvalue weighted by Gasteiger charge is 2.35. The smallest absolute Gasteiger partial charge is 0.253 e. The number of amides is 2. The molecule has 2 fully saturated rings. The molecule has 148 valence electrons. The molecule has 1 aliphatic heterocycles. The van der Waals surface area contributed by atoms with Crippen LogP contribution in [-0.2, 0) is 0 Å². The Hall–Kier alpha value is -2.25. The van der Waals surface area contributed by atoms with E-state index in [-0.39, 0.29) is 17.9 Å². The van der Waals surface area contributed by atoms with Gasteiger partial charge >= 0.3 is 0 Å². The third-order valence-electron chi connectivity index (χ3n) is 5.74. The van der Waals surface area contributed by atoms with Crippen LogP contribution in [0.4, 0.5) is 0 Å². The minimum absolute atomic E-state index is 0.0265. The number of hydrogen-bond donors (Lipinski definition) is 2. The number of aryl methyl sites for hydroxylation is 1. The van der Waals surface area contributed by atoms with E-state index in [4.69, 9.17) is 0 Å². The highest BCUT2D eigenvalue weighted by atomic mass is 32.1. The Labute approximate surface area is 169 Å². The number of likely N-dealkylation sites (tertiary alicyclic amines) is 1. The largest absolute Gasteiger partial charge is 0.348 e. The Morgan fingerprint density at radius 1 is 1.07 bits per heavy atom. The minimum Gasteiger partial charge on any atom is -0.348 e. The number of pyridine rings is 1. The molecular weight excluding hydrogens is 372 g/mol. The van der Waals surface area contributed by atoms with Gasteiger partial charge in [0.15, 0.2) is 0 Å². The van der Waals surface area contributed by atoms with Crippen molar-refractivity contribution in [3.8, 4) is 0 Å². The maximum absolute atomic E-state index is 12.5. The van der Waals surface area contributed by atoms with Crippen molar-refractivity contribution in [2.24, 2.45) is 0 Å². The summed E-state index contributed by atoms with van der Waals surface area (Å²) in [6, 6.07) is 6.40. The van der Waals surface area contributed by atoms with Crippen molar-refractivity contribution in [2.75, 3.05) is 13.1 Å². The summed E-state index contributed by atoms with van der Waals surface area (Å²) in [5.74, 6) is 0.110. The average Bonchev–Trinajstić information content (AvgIpc) is 3.16. The van der Waals surface area contributed by atoms with Crippen LogP contribution in [0.5, 0.6) is 0 Å². The molecule has 1 saturated carbocycles. The monoisotopic (exact) mass is 398 g/mol. The van der Waals surface area contributed by atoms with E-state index in [0.717, 1.165) is 49.2 Å². The Morgan fingerprint density at radius 2 is 1.79 bits per heavy atom. The van der Waals surface area contributed by atoms with Crippen LogP contribution in [0.1, 0.15) is 51.3 Å². The zero-order valence-electron chi connectivity index (χ0n) is 16.1. The molecule has 2 aromatic heterocycles. The first-order valence-corrected chi connectivity index (χ1v) is 10.8. The van der Waals surface area contributed by atoms with Crippen LogP contribution >= 0.6 is 11.3 Å². The fourth-order valence-corrected chi connectivity index (χ4v) is 4.60. The molecule has 28 heavy (non-hydrogen) atoms. The first kappa shape index (κ1) is 19.1. The summed E-state index contributed by atoms with van der Waals surface area (Å²) < 4.78 is 0. The van der Waals surface area contributed by atoms with Crippen molar-refractivity contribution in [1.29, 1.82) is 0 Å².